The highest BCUT2D eigenvalue weighted by Gasteiger charge is 2.29. The summed E-state index contributed by atoms with van der Waals surface area (Å²) >= 11 is 0. The van der Waals surface area contributed by atoms with Crippen molar-refractivity contribution in [3.05, 3.63) is 29.8 Å². The third-order valence-electron chi connectivity index (χ3n) is 2.54. The standard InChI is InChI=1S/C11H14N2O2/c1-9-3-5-10(6-4-9)12-7-8-13(15-2)11(12)14/h3-6H,7-8H2,1-2H3. The van der Waals surface area contributed by atoms with E-state index in [4.69, 9.17) is 4.84 Å². The molecule has 1 saturated heterocycles. The summed E-state index contributed by atoms with van der Waals surface area (Å²) in [6.45, 7) is 3.32. The molecule has 0 saturated carbocycles. The molecule has 4 nitrogen and oxygen atoms in total. The van der Waals surface area contributed by atoms with Gasteiger partial charge in [0.15, 0.2) is 0 Å². The molecule has 1 aliphatic rings. The van der Waals surface area contributed by atoms with E-state index in [1.807, 2.05) is 31.2 Å². The number of hydrogen-bond donors (Lipinski definition) is 0. The van der Waals surface area contributed by atoms with Crippen LogP contribution in [0.3, 0.4) is 0 Å². The first-order valence-corrected chi connectivity index (χ1v) is 4.92. The Morgan fingerprint density at radius 1 is 1.20 bits per heavy atom. The summed E-state index contributed by atoms with van der Waals surface area (Å²) in [5, 5.41) is 1.36. The lowest BCUT2D eigenvalue weighted by atomic mass is 10.2. The van der Waals surface area contributed by atoms with Crippen molar-refractivity contribution >= 4 is 11.7 Å². The summed E-state index contributed by atoms with van der Waals surface area (Å²) in [6.07, 6.45) is 0. The van der Waals surface area contributed by atoms with Gasteiger partial charge in [0.25, 0.3) is 0 Å². The van der Waals surface area contributed by atoms with Gasteiger partial charge in [-0.05, 0) is 19.1 Å². The number of aryl methyl sites for hydroxylation is 1. The third kappa shape index (κ3) is 1.80. The number of hydroxylamine groups is 2. The Balaban J connectivity index is 2.19. The van der Waals surface area contributed by atoms with E-state index in [9.17, 15) is 4.79 Å². The van der Waals surface area contributed by atoms with E-state index in [1.165, 1.54) is 17.7 Å². The number of benzene rings is 1. The molecule has 0 N–H and O–H groups in total. The number of amides is 2. The van der Waals surface area contributed by atoms with Crippen molar-refractivity contribution in [1.29, 1.82) is 0 Å². The highest BCUT2D eigenvalue weighted by Crippen LogP contribution is 2.20. The third-order valence-corrected chi connectivity index (χ3v) is 2.54. The molecule has 80 valence electrons. The van der Waals surface area contributed by atoms with E-state index in [0.717, 1.165) is 5.69 Å². The smallest absolute Gasteiger partial charge is 0.291 e. The van der Waals surface area contributed by atoms with Gasteiger partial charge in [0.05, 0.1) is 13.7 Å². The van der Waals surface area contributed by atoms with Crippen molar-refractivity contribution in [2.45, 2.75) is 6.92 Å². The molecule has 0 spiro atoms. The molecule has 1 aliphatic heterocycles. The zero-order valence-corrected chi connectivity index (χ0v) is 8.93. The fourth-order valence-corrected chi connectivity index (χ4v) is 1.65. The molecule has 0 atom stereocenters. The molecule has 1 aromatic rings. The van der Waals surface area contributed by atoms with E-state index in [2.05, 4.69) is 0 Å². The lowest BCUT2D eigenvalue weighted by molar-refractivity contribution is -0.0698. The second-order valence-corrected chi connectivity index (χ2v) is 3.55. The maximum atomic E-state index is 11.7. The minimum absolute atomic E-state index is 0.0960. The first kappa shape index (κ1) is 9.98. The number of nitrogens with zero attached hydrogens (tertiary/aromatic N) is 2. The number of anilines is 1. The van der Waals surface area contributed by atoms with Crippen LogP contribution in [0, 0.1) is 6.92 Å². The van der Waals surface area contributed by atoms with E-state index in [-0.39, 0.29) is 6.03 Å². The van der Waals surface area contributed by atoms with Gasteiger partial charge in [-0.2, -0.15) is 0 Å². The molecule has 1 heterocycles. The summed E-state index contributed by atoms with van der Waals surface area (Å²) in [5.74, 6) is 0. The van der Waals surface area contributed by atoms with Crippen LogP contribution in [0.15, 0.2) is 24.3 Å². The lowest BCUT2D eigenvalue weighted by Crippen LogP contribution is -2.30. The molecular formula is C11H14N2O2. The summed E-state index contributed by atoms with van der Waals surface area (Å²) < 4.78 is 0. The minimum Gasteiger partial charge on any atom is -0.291 e. The molecule has 15 heavy (non-hydrogen) atoms. The van der Waals surface area contributed by atoms with E-state index in [1.54, 1.807) is 4.90 Å². The summed E-state index contributed by atoms with van der Waals surface area (Å²) in [6, 6.07) is 7.80. The molecule has 4 heteroatoms. The van der Waals surface area contributed by atoms with Crippen LogP contribution in [0.2, 0.25) is 0 Å². The number of hydrogen-bond acceptors (Lipinski definition) is 2. The van der Waals surface area contributed by atoms with E-state index >= 15 is 0 Å². The monoisotopic (exact) mass is 206 g/mol. The fraction of sp³-hybridized carbons (Fsp3) is 0.364. The highest BCUT2D eigenvalue weighted by molar-refractivity contribution is 5.93. The summed E-state index contributed by atoms with van der Waals surface area (Å²) in [4.78, 5) is 18.4. The highest BCUT2D eigenvalue weighted by atomic mass is 16.7. The largest absolute Gasteiger partial charge is 0.348 e. The zero-order chi connectivity index (χ0) is 10.8. The van der Waals surface area contributed by atoms with Crippen LogP contribution < -0.4 is 4.90 Å². The van der Waals surface area contributed by atoms with Crippen molar-refractivity contribution in [1.82, 2.24) is 5.06 Å². The van der Waals surface area contributed by atoms with Crippen LogP contribution >= 0.6 is 0 Å². The molecule has 2 amide bonds. The fourth-order valence-electron chi connectivity index (χ4n) is 1.65. The van der Waals surface area contributed by atoms with Crippen LogP contribution in [0.5, 0.6) is 0 Å². The van der Waals surface area contributed by atoms with Gasteiger partial charge in [0.1, 0.15) is 0 Å². The molecule has 0 aromatic heterocycles. The molecule has 0 bridgehead atoms. The van der Waals surface area contributed by atoms with Gasteiger partial charge >= 0.3 is 6.03 Å². The average Bonchev–Trinajstić information content (AvgIpc) is 2.61. The van der Waals surface area contributed by atoms with Crippen LogP contribution in [-0.2, 0) is 4.84 Å². The quantitative estimate of drug-likeness (QED) is 0.739. The van der Waals surface area contributed by atoms with Gasteiger partial charge in [0.2, 0.25) is 0 Å². The van der Waals surface area contributed by atoms with Crippen LogP contribution in [-0.4, -0.2) is 31.3 Å². The predicted molar refractivity (Wildman–Crippen MR) is 57.6 cm³/mol. The van der Waals surface area contributed by atoms with Crippen molar-refractivity contribution < 1.29 is 9.63 Å². The Bertz CT molecular complexity index is 361. The summed E-state index contributed by atoms with van der Waals surface area (Å²) in [5.41, 5.74) is 2.11. The van der Waals surface area contributed by atoms with Gasteiger partial charge in [-0.25, -0.2) is 9.86 Å². The van der Waals surface area contributed by atoms with Gasteiger partial charge in [-0.1, -0.05) is 17.7 Å². The Morgan fingerprint density at radius 2 is 1.87 bits per heavy atom. The first-order valence-electron chi connectivity index (χ1n) is 4.92. The van der Waals surface area contributed by atoms with Gasteiger partial charge in [-0.15, -0.1) is 0 Å². The predicted octanol–water partition coefficient (Wildman–Crippen LogP) is 1.80. The van der Waals surface area contributed by atoms with Crippen LogP contribution in [0.25, 0.3) is 0 Å². The second kappa shape index (κ2) is 3.90. The van der Waals surface area contributed by atoms with E-state index in [0.29, 0.717) is 13.1 Å². The second-order valence-electron chi connectivity index (χ2n) is 3.55. The van der Waals surface area contributed by atoms with E-state index < -0.39 is 0 Å². The number of carbonyl (C=O) groups excluding carboxylic acids is 1. The molecule has 0 aliphatic carbocycles. The molecule has 1 aromatic carbocycles. The van der Waals surface area contributed by atoms with Crippen LogP contribution in [0.1, 0.15) is 5.56 Å². The van der Waals surface area contributed by atoms with Gasteiger partial charge < -0.3 is 0 Å². The minimum atomic E-state index is -0.0960. The van der Waals surface area contributed by atoms with Crippen molar-refractivity contribution in [3.8, 4) is 0 Å². The molecule has 0 unspecified atom stereocenters. The van der Waals surface area contributed by atoms with Gasteiger partial charge in [-0.3, -0.25) is 9.74 Å². The maximum absolute atomic E-state index is 11.7. The number of urea groups is 1. The normalized spacial score (nSPS) is 16.3. The Hall–Kier alpha value is -1.55. The maximum Gasteiger partial charge on any atom is 0.348 e. The number of rotatable bonds is 2. The zero-order valence-electron chi connectivity index (χ0n) is 8.93. The molecular weight excluding hydrogens is 192 g/mol. The number of carbonyl (C=O) groups is 1. The lowest BCUT2D eigenvalue weighted by Gasteiger charge is -2.16. The van der Waals surface area contributed by atoms with Crippen molar-refractivity contribution in [3.63, 3.8) is 0 Å². The molecule has 2 rings (SSSR count). The Kier molecular flexibility index (Phi) is 2.60. The molecule has 1 fully saturated rings. The SMILES string of the molecule is CON1CCN(c2ccc(C)cc2)C1=O. The van der Waals surface area contributed by atoms with Crippen molar-refractivity contribution in [2.75, 3.05) is 25.1 Å². The Labute approximate surface area is 89.0 Å². The molecule has 0 radical (unpaired) electrons. The average molecular weight is 206 g/mol. The first-order chi connectivity index (χ1) is 7.22. The van der Waals surface area contributed by atoms with Crippen molar-refractivity contribution in [2.24, 2.45) is 0 Å². The van der Waals surface area contributed by atoms with Gasteiger partial charge in [0, 0.05) is 12.2 Å². The Morgan fingerprint density at radius 3 is 2.40 bits per heavy atom. The topological polar surface area (TPSA) is 32.8 Å². The van der Waals surface area contributed by atoms with Crippen LogP contribution in [0.4, 0.5) is 10.5 Å². The summed E-state index contributed by atoms with van der Waals surface area (Å²) in [7, 11) is 1.51.